The molecule has 1 aliphatic rings. The number of carbonyl (C=O) groups is 2. The second kappa shape index (κ2) is 11.8. The van der Waals surface area contributed by atoms with Crippen LogP contribution in [0.4, 0.5) is 0 Å². The quantitative estimate of drug-likeness (QED) is 0.401. The minimum absolute atomic E-state index is 0.0991. The van der Waals surface area contributed by atoms with Crippen LogP contribution in [0.25, 0.3) is 0 Å². The van der Waals surface area contributed by atoms with E-state index in [1.54, 1.807) is 23.6 Å². The molecule has 1 saturated heterocycles. The van der Waals surface area contributed by atoms with Gasteiger partial charge in [-0.05, 0) is 30.4 Å². The molecule has 0 aliphatic carbocycles. The fourth-order valence-electron chi connectivity index (χ4n) is 3.53. The first-order chi connectivity index (χ1) is 13.5. The summed E-state index contributed by atoms with van der Waals surface area (Å²) in [6, 6.07) is 8.06. The molecule has 0 aromatic heterocycles. The Labute approximate surface area is 178 Å². The molecule has 1 fully saturated rings. The molecule has 28 heavy (non-hydrogen) atoms. The number of unbranched alkanes of at least 4 members (excludes halogenated alkanes) is 3. The van der Waals surface area contributed by atoms with Crippen LogP contribution in [0.3, 0.4) is 0 Å². The third kappa shape index (κ3) is 6.73. The number of thioether (sulfide) groups is 1. The topological polar surface area (TPSA) is 57.6 Å². The second-order valence-corrected chi connectivity index (χ2v) is 9.38. The third-order valence-electron chi connectivity index (χ3n) is 5.35. The number of rotatable bonds is 11. The Bertz CT molecular complexity index is 635. The maximum absolute atomic E-state index is 12.5. The highest BCUT2D eigenvalue weighted by Crippen LogP contribution is 2.31. The number of amides is 1. The van der Waals surface area contributed by atoms with Crippen molar-refractivity contribution < 1.29 is 14.7 Å². The number of hydrogen-bond acceptors (Lipinski definition) is 4. The van der Waals surface area contributed by atoms with Crippen molar-refractivity contribution in [2.45, 2.75) is 69.4 Å². The summed E-state index contributed by atoms with van der Waals surface area (Å²) in [5.41, 5.74) is 2.64. The van der Waals surface area contributed by atoms with Crippen LogP contribution in [0.1, 0.15) is 57.1 Å². The van der Waals surface area contributed by atoms with Crippen molar-refractivity contribution in [3.05, 3.63) is 35.4 Å². The van der Waals surface area contributed by atoms with Crippen LogP contribution in [0, 0.1) is 5.92 Å². The first-order valence-corrected chi connectivity index (χ1v) is 12.0. The zero-order valence-electron chi connectivity index (χ0n) is 17.0. The van der Waals surface area contributed by atoms with Gasteiger partial charge in [0, 0.05) is 29.2 Å². The largest absolute Gasteiger partial charge is 0.480 e. The number of hydrogen-bond donors (Lipinski definition) is 2. The molecule has 2 rings (SSSR count). The number of benzene rings is 1. The van der Waals surface area contributed by atoms with E-state index in [2.05, 4.69) is 43.8 Å². The summed E-state index contributed by atoms with van der Waals surface area (Å²) in [6.45, 7) is 4.54. The van der Waals surface area contributed by atoms with E-state index in [9.17, 15) is 14.7 Å². The van der Waals surface area contributed by atoms with Crippen LogP contribution in [0.15, 0.2) is 24.3 Å². The van der Waals surface area contributed by atoms with Gasteiger partial charge < -0.3 is 10.0 Å². The van der Waals surface area contributed by atoms with Crippen molar-refractivity contribution in [2.24, 2.45) is 5.92 Å². The zero-order valence-corrected chi connectivity index (χ0v) is 18.7. The number of carboxylic acid groups (broad SMARTS) is 1. The van der Waals surface area contributed by atoms with E-state index in [-0.39, 0.29) is 17.1 Å². The number of likely N-dealkylation sites (tertiary alicyclic amines) is 1. The molecule has 0 saturated carbocycles. The molecule has 156 valence electrons. The average Bonchev–Trinajstić information content (AvgIpc) is 3.14. The van der Waals surface area contributed by atoms with Crippen molar-refractivity contribution in [2.75, 3.05) is 12.3 Å². The minimum Gasteiger partial charge on any atom is -0.480 e. The van der Waals surface area contributed by atoms with Crippen LogP contribution in [-0.2, 0) is 21.8 Å². The second-order valence-electron chi connectivity index (χ2n) is 7.72. The molecule has 1 heterocycles. The molecule has 0 unspecified atom stereocenters. The molecule has 1 aromatic carbocycles. The number of carbonyl (C=O) groups excluding carboxylic acids is 1. The first-order valence-electron chi connectivity index (χ1n) is 10.3. The summed E-state index contributed by atoms with van der Waals surface area (Å²) in [7, 11) is 0. The number of aryl methyl sites for hydroxylation is 1. The maximum atomic E-state index is 12.5. The first kappa shape index (κ1) is 23.1. The number of carboxylic acids is 1. The molecule has 4 nitrogen and oxygen atoms in total. The summed E-state index contributed by atoms with van der Waals surface area (Å²) in [6.07, 6.45) is 6.75. The van der Waals surface area contributed by atoms with Crippen LogP contribution >= 0.6 is 24.4 Å². The van der Waals surface area contributed by atoms with Gasteiger partial charge >= 0.3 is 5.97 Å². The lowest BCUT2D eigenvalue weighted by atomic mass is 10.1. The van der Waals surface area contributed by atoms with E-state index in [4.69, 9.17) is 0 Å². The van der Waals surface area contributed by atoms with Gasteiger partial charge in [-0.2, -0.15) is 24.4 Å². The molecule has 1 N–H and O–H groups in total. The molecule has 0 bridgehead atoms. The van der Waals surface area contributed by atoms with Gasteiger partial charge in [-0.3, -0.25) is 4.79 Å². The normalized spacial score (nSPS) is 20.3. The summed E-state index contributed by atoms with van der Waals surface area (Å²) >= 11 is 5.93. The maximum Gasteiger partial charge on any atom is 0.326 e. The van der Waals surface area contributed by atoms with E-state index >= 15 is 0 Å². The van der Waals surface area contributed by atoms with Gasteiger partial charge in [0.15, 0.2) is 0 Å². The van der Waals surface area contributed by atoms with E-state index < -0.39 is 12.0 Å². The van der Waals surface area contributed by atoms with Crippen molar-refractivity contribution in [1.29, 1.82) is 0 Å². The zero-order chi connectivity index (χ0) is 20.5. The van der Waals surface area contributed by atoms with E-state index in [0.717, 1.165) is 12.2 Å². The Hall–Kier alpha value is -1.14. The van der Waals surface area contributed by atoms with Crippen molar-refractivity contribution in [3.63, 3.8) is 0 Å². The van der Waals surface area contributed by atoms with E-state index in [0.29, 0.717) is 18.7 Å². The highest BCUT2D eigenvalue weighted by atomic mass is 32.2. The predicted octanol–water partition coefficient (Wildman–Crippen LogP) is 4.66. The Morgan fingerprint density at radius 2 is 1.89 bits per heavy atom. The Kier molecular flexibility index (Phi) is 9.72. The van der Waals surface area contributed by atoms with Crippen LogP contribution in [0.2, 0.25) is 0 Å². The van der Waals surface area contributed by atoms with Gasteiger partial charge in [0.25, 0.3) is 0 Å². The smallest absolute Gasteiger partial charge is 0.326 e. The van der Waals surface area contributed by atoms with Crippen molar-refractivity contribution in [1.82, 2.24) is 4.90 Å². The molecular weight excluding hydrogens is 390 g/mol. The molecule has 1 amide bonds. The lowest BCUT2D eigenvalue weighted by Crippen LogP contribution is -2.43. The van der Waals surface area contributed by atoms with Gasteiger partial charge in [0.1, 0.15) is 6.04 Å². The molecule has 3 atom stereocenters. The summed E-state index contributed by atoms with van der Waals surface area (Å²) in [5.74, 6) is 0.0219. The van der Waals surface area contributed by atoms with E-state index in [1.165, 1.54) is 36.8 Å². The monoisotopic (exact) mass is 423 g/mol. The third-order valence-corrected chi connectivity index (χ3v) is 7.21. The van der Waals surface area contributed by atoms with Crippen molar-refractivity contribution >= 4 is 36.3 Å². The molecule has 1 aromatic rings. The predicted molar refractivity (Wildman–Crippen MR) is 120 cm³/mol. The van der Waals surface area contributed by atoms with Crippen LogP contribution < -0.4 is 0 Å². The van der Waals surface area contributed by atoms with Gasteiger partial charge in [-0.25, -0.2) is 4.79 Å². The fourth-order valence-corrected chi connectivity index (χ4v) is 4.89. The lowest BCUT2D eigenvalue weighted by molar-refractivity contribution is -0.149. The average molecular weight is 424 g/mol. The molecular formula is C22H33NO3S2. The molecule has 1 aliphatic heterocycles. The van der Waals surface area contributed by atoms with Crippen LogP contribution in [-0.4, -0.2) is 45.5 Å². The highest BCUT2D eigenvalue weighted by Gasteiger charge is 2.40. The van der Waals surface area contributed by atoms with Crippen LogP contribution in [0.5, 0.6) is 0 Å². The molecule has 0 spiro atoms. The highest BCUT2D eigenvalue weighted by molar-refractivity contribution is 7.99. The summed E-state index contributed by atoms with van der Waals surface area (Å²) < 4.78 is 0. The van der Waals surface area contributed by atoms with Gasteiger partial charge in [-0.1, -0.05) is 57.4 Å². The lowest BCUT2D eigenvalue weighted by Gasteiger charge is -2.24. The van der Waals surface area contributed by atoms with Crippen molar-refractivity contribution in [3.8, 4) is 0 Å². The number of thiol groups is 1. The van der Waals surface area contributed by atoms with Gasteiger partial charge in [-0.15, -0.1) is 0 Å². The number of nitrogens with zero attached hydrogens (tertiary/aromatic N) is 1. The minimum atomic E-state index is -0.907. The summed E-state index contributed by atoms with van der Waals surface area (Å²) in [5, 5.41) is 9.66. The fraction of sp³-hybridized carbons (Fsp3) is 0.636. The Morgan fingerprint density at radius 1 is 1.21 bits per heavy atom. The number of aliphatic carboxylic acids is 1. The SMILES string of the molecule is CCCCCCc1ccc(CS[C@H]2C[C@@H](C(=O)O)N(C(=O)[C@H](C)CS)C2)cc1. The summed E-state index contributed by atoms with van der Waals surface area (Å²) in [4.78, 5) is 25.6. The molecule has 6 heteroatoms. The van der Waals surface area contributed by atoms with Gasteiger partial charge in [0.05, 0.1) is 0 Å². The van der Waals surface area contributed by atoms with E-state index in [1.807, 2.05) is 0 Å². The Morgan fingerprint density at radius 3 is 2.50 bits per heavy atom. The Balaban J connectivity index is 1.85. The molecule has 0 radical (unpaired) electrons. The standard InChI is InChI=1S/C22H33NO3S2/c1-3-4-5-6-7-17-8-10-18(11-9-17)15-28-19-12-20(22(25)26)23(13-19)21(24)16(2)14-27/h8-11,16,19-20,27H,3-7,12-15H2,1-2H3,(H,25,26)/t16-,19+,20+/m1/s1. The van der Waals surface area contributed by atoms with Gasteiger partial charge in [0.2, 0.25) is 5.91 Å².